The highest BCUT2D eigenvalue weighted by Gasteiger charge is 2.27. The van der Waals surface area contributed by atoms with E-state index in [1.165, 1.54) is 6.20 Å². The van der Waals surface area contributed by atoms with Crippen LogP contribution in [0.4, 0.5) is 8.78 Å². The van der Waals surface area contributed by atoms with Gasteiger partial charge < -0.3 is 9.15 Å². The lowest BCUT2D eigenvalue weighted by molar-refractivity contribution is 0.0474. The molecule has 2 aromatic heterocycles. The zero-order chi connectivity index (χ0) is 18.0. The number of oxazole rings is 1. The van der Waals surface area contributed by atoms with Crippen LogP contribution in [0.2, 0.25) is 5.02 Å². The third-order valence-electron chi connectivity index (χ3n) is 3.43. The molecule has 1 aromatic carbocycles. The lowest BCUT2D eigenvalue weighted by Gasteiger charge is -2.02. The van der Waals surface area contributed by atoms with Gasteiger partial charge >= 0.3 is 5.97 Å². The molecule has 130 valence electrons. The van der Waals surface area contributed by atoms with Crippen LogP contribution in [0.1, 0.15) is 41.1 Å². The van der Waals surface area contributed by atoms with E-state index in [-0.39, 0.29) is 18.9 Å². The Kier molecular flexibility index (Phi) is 4.94. The highest BCUT2D eigenvalue weighted by atomic mass is 35.5. The number of carbonyl (C=O) groups is 1. The van der Waals surface area contributed by atoms with Gasteiger partial charge in [0.25, 0.3) is 6.43 Å². The number of hydrogen-bond acceptors (Lipinski definition) is 5. The molecule has 0 aliphatic heterocycles. The maximum atomic E-state index is 13.1. The normalized spacial score (nSPS) is 11.2. The van der Waals surface area contributed by atoms with Gasteiger partial charge in [-0.25, -0.2) is 18.6 Å². The number of aromatic nitrogens is 2. The standard InChI is InChI=1S/C17H13ClF2N2O3/c1-2-24-17(23)15-14(16(19)20)22-13(25-15)6-9-3-4-12-10(5-9)7-11(18)8-21-12/h3-5,7-8,16H,2,6H2,1H3. The number of halogens is 3. The summed E-state index contributed by atoms with van der Waals surface area (Å²) in [5.41, 5.74) is 0.800. The fourth-order valence-corrected chi connectivity index (χ4v) is 2.55. The van der Waals surface area contributed by atoms with E-state index in [0.717, 1.165) is 16.5 Å². The van der Waals surface area contributed by atoms with Crippen molar-refractivity contribution in [1.29, 1.82) is 0 Å². The van der Waals surface area contributed by atoms with Crippen molar-refractivity contribution < 1.29 is 22.7 Å². The van der Waals surface area contributed by atoms with Crippen molar-refractivity contribution in [3.05, 3.63) is 58.4 Å². The summed E-state index contributed by atoms with van der Waals surface area (Å²) in [5, 5.41) is 1.29. The second-order valence-electron chi connectivity index (χ2n) is 5.20. The van der Waals surface area contributed by atoms with Gasteiger partial charge in [-0.1, -0.05) is 17.7 Å². The summed E-state index contributed by atoms with van der Waals surface area (Å²) >= 11 is 5.93. The molecule has 25 heavy (non-hydrogen) atoms. The molecule has 0 aliphatic rings. The summed E-state index contributed by atoms with van der Waals surface area (Å²) in [6.45, 7) is 1.63. The van der Waals surface area contributed by atoms with Gasteiger partial charge in [-0.05, 0) is 30.7 Å². The van der Waals surface area contributed by atoms with E-state index >= 15 is 0 Å². The first kappa shape index (κ1) is 17.3. The maximum absolute atomic E-state index is 13.1. The zero-order valence-electron chi connectivity index (χ0n) is 13.1. The highest BCUT2D eigenvalue weighted by Crippen LogP contribution is 2.26. The third-order valence-corrected chi connectivity index (χ3v) is 3.64. The summed E-state index contributed by atoms with van der Waals surface area (Å²) in [7, 11) is 0. The Bertz CT molecular complexity index is 927. The molecule has 0 spiro atoms. The molecule has 0 radical (unpaired) electrons. The minimum atomic E-state index is -2.93. The Morgan fingerprint density at radius 2 is 2.16 bits per heavy atom. The summed E-state index contributed by atoms with van der Waals surface area (Å²) in [6, 6.07) is 7.12. The molecule has 0 aliphatic carbocycles. The fraction of sp³-hybridized carbons (Fsp3) is 0.235. The average molecular weight is 367 g/mol. The molecule has 0 bridgehead atoms. The van der Waals surface area contributed by atoms with Gasteiger partial charge in [0, 0.05) is 18.0 Å². The number of fused-ring (bicyclic) bond motifs is 1. The Morgan fingerprint density at radius 3 is 2.88 bits per heavy atom. The van der Waals surface area contributed by atoms with Gasteiger partial charge in [-0.15, -0.1) is 0 Å². The van der Waals surface area contributed by atoms with Crippen molar-refractivity contribution in [2.75, 3.05) is 6.61 Å². The van der Waals surface area contributed by atoms with Crippen molar-refractivity contribution in [3.63, 3.8) is 0 Å². The predicted octanol–water partition coefficient (Wildman–Crippen LogP) is 4.58. The number of nitrogens with zero attached hydrogens (tertiary/aromatic N) is 2. The molecule has 3 rings (SSSR count). The molecule has 0 fully saturated rings. The van der Waals surface area contributed by atoms with E-state index in [4.69, 9.17) is 20.8 Å². The Morgan fingerprint density at radius 1 is 1.36 bits per heavy atom. The van der Waals surface area contributed by atoms with Crippen LogP contribution in [0, 0.1) is 0 Å². The molecule has 3 aromatic rings. The molecular formula is C17H13ClF2N2O3. The third kappa shape index (κ3) is 3.76. The van der Waals surface area contributed by atoms with Crippen molar-refractivity contribution >= 4 is 28.5 Å². The lowest BCUT2D eigenvalue weighted by Crippen LogP contribution is -2.06. The first-order chi connectivity index (χ1) is 12.0. The summed E-state index contributed by atoms with van der Waals surface area (Å²) in [6.07, 6.45) is -1.25. The van der Waals surface area contributed by atoms with Crippen LogP contribution < -0.4 is 0 Å². The van der Waals surface area contributed by atoms with Crippen LogP contribution in [0.5, 0.6) is 0 Å². The SMILES string of the molecule is CCOC(=O)c1oc(Cc2ccc3ncc(Cl)cc3c2)nc1C(F)F. The van der Waals surface area contributed by atoms with Crippen LogP contribution in [-0.4, -0.2) is 22.5 Å². The van der Waals surface area contributed by atoms with Gasteiger partial charge in [0.05, 0.1) is 17.1 Å². The Labute approximate surface area is 146 Å². The number of esters is 1. The number of hydrogen-bond donors (Lipinski definition) is 0. The molecule has 0 saturated heterocycles. The van der Waals surface area contributed by atoms with E-state index in [1.807, 2.05) is 6.07 Å². The van der Waals surface area contributed by atoms with E-state index < -0.39 is 23.8 Å². The van der Waals surface area contributed by atoms with Gasteiger partial charge in [-0.2, -0.15) is 0 Å². The van der Waals surface area contributed by atoms with E-state index in [1.54, 1.807) is 25.1 Å². The second-order valence-corrected chi connectivity index (χ2v) is 5.64. The number of ether oxygens (including phenoxy) is 1. The second kappa shape index (κ2) is 7.14. The van der Waals surface area contributed by atoms with Crippen molar-refractivity contribution in [3.8, 4) is 0 Å². The van der Waals surface area contributed by atoms with Crippen molar-refractivity contribution in [1.82, 2.24) is 9.97 Å². The van der Waals surface area contributed by atoms with Crippen LogP contribution in [0.15, 0.2) is 34.9 Å². The average Bonchev–Trinajstić information content (AvgIpc) is 2.99. The smallest absolute Gasteiger partial charge is 0.376 e. The van der Waals surface area contributed by atoms with Crippen LogP contribution in [0.25, 0.3) is 10.9 Å². The Hall–Kier alpha value is -2.54. The minimum Gasteiger partial charge on any atom is -0.460 e. The monoisotopic (exact) mass is 366 g/mol. The number of alkyl halides is 2. The predicted molar refractivity (Wildman–Crippen MR) is 87.0 cm³/mol. The molecule has 0 unspecified atom stereocenters. The molecule has 0 atom stereocenters. The fourth-order valence-electron chi connectivity index (χ4n) is 2.38. The van der Waals surface area contributed by atoms with Crippen LogP contribution in [-0.2, 0) is 11.2 Å². The topological polar surface area (TPSA) is 65.2 Å². The number of carbonyl (C=O) groups excluding carboxylic acids is 1. The first-order valence-electron chi connectivity index (χ1n) is 7.47. The number of pyridine rings is 1. The number of benzene rings is 1. The van der Waals surface area contributed by atoms with Crippen LogP contribution >= 0.6 is 11.6 Å². The molecule has 0 saturated carbocycles. The highest BCUT2D eigenvalue weighted by molar-refractivity contribution is 6.31. The lowest BCUT2D eigenvalue weighted by atomic mass is 10.1. The molecular weight excluding hydrogens is 354 g/mol. The summed E-state index contributed by atoms with van der Waals surface area (Å²) < 4.78 is 36.1. The first-order valence-corrected chi connectivity index (χ1v) is 7.84. The molecule has 5 nitrogen and oxygen atoms in total. The molecule has 8 heteroatoms. The molecule has 0 N–H and O–H groups in total. The van der Waals surface area contributed by atoms with E-state index in [2.05, 4.69) is 9.97 Å². The van der Waals surface area contributed by atoms with Gasteiger partial charge in [0.1, 0.15) is 0 Å². The van der Waals surface area contributed by atoms with Crippen molar-refractivity contribution in [2.24, 2.45) is 0 Å². The minimum absolute atomic E-state index is 0.00712. The van der Waals surface area contributed by atoms with Gasteiger partial charge in [0.15, 0.2) is 11.6 Å². The number of rotatable bonds is 5. The largest absolute Gasteiger partial charge is 0.460 e. The van der Waals surface area contributed by atoms with E-state index in [9.17, 15) is 13.6 Å². The maximum Gasteiger partial charge on any atom is 0.376 e. The van der Waals surface area contributed by atoms with E-state index in [0.29, 0.717) is 5.02 Å². The Balaban J connectivity index is 1.92. The molecule has 2 heterocycles. The summed E-state index contributed by atoms with van der Waals surface area (Å²) in [5.74, 6) is -1.50. The van der Waals surface area contributed by atoms with Crippen molar-refractivity contribution in [2.45, 2.75) is 19.8 Å². The summed E-state index contributed by atoms with van der Waals surface area (Å²) in [4.78, 5) is 19.7. The molecule has 0 amide bonds. The quantitative estimate of drug-likeness (QED) is 0.618. The zero-order valence-corrected chi connectivity index (χ0v) is 13.9. The van der Waals surface area contributed by atoms with Gasteiger partial charge in [0.2, 0.25) is 5.76 Å². The van der Waals surface area contributed by atoms with Crippen LogP contribution in [0.3, 0.4) is 0 Å². The van der Waals surface area contributed by atoms with Gasteiger partial charge in [-0.3, -0.25) is 4.98 Å².